The summed E-state index contributed by atoms with van der Waals surface area (Å²) >= 11 is 0. The summed E-state index contributed by atoms with van der Waals surface area (Å²) in [6, 6.07) is 7.74. The molecule has 18 heavy (non-hydrogen) atoms. The van der Waals surface area contributed by atoms with Crippen molar-refractivity contribution in [2.45, 2.75) is 19.9 Å². The Kier molecular flexibility index (Phi) is 3.88. The molecule has 96 valence electrons. The van der Waals surface area contributed by atoms with Gasteiger partial charge in [-0.05, 0) is 36.0 Å². The summed E-state index contributed by atoms with van der Waals surface area (Å²) in [6.45, 7) is 4.95. The molecule has 1 N–H and O–H groups in total. The molecule has 0 fully saturated rings. The van der Waals surface area contributed by atoms with Crippen LogP contribution in [0.2, 0.25) is 0 Å². The summed E-state index contributed by atoms with van der Waals surface area (Å²) in [5.41, 5.74) is 0.888. The first-order valence-electron chi connectivity index (χ1n) is 5.92. The first kappa shape index (κ1) is 12.5. The van der Waals surface area contributed by atoms with E-state index in [1.807, 2.05) is 31.2 Å². The summed E-state index contributed by atoms with van der Waals surface area (Å²) in [6.07, 6.45) is 0. The average Bonchev–Trinajstić information content (AvgIpc) is 2.88. The summed E-state index contributed by atoms with van der Waals surface area (Å²) < 4.78 is 6.92. The molecule has 2 aromatic rings. The highest BCUT2D eigenvalue weighted by atomic mass is 16.5. The van der Waals surface area contributed by atoms with E-state index in [0.717, 1.165) is 23.8 Å². The Morgan fingerprint density at radius 3 is 3.00 bits per heavy atom. The van der Waals surface area contributed by atoms with Gasteiger partial charge in [-0.1, -0.05) is 13.0 Å². The van der Waals surface area contributed by atoms with Crippen LogP contribution >= 0.6 is 0 Å². The molecule has 1 unspecified atom stereocenters. The van der Waals surface area contributed by atoms with Gasteiger partial charge in [-0.25, -0.2) is 0 Å². The fourth-order valence-corrected chi connectivity index (χ4v) is 1.79. The van der Waals surface area contributed by atoms with E-state index < -0.39 is 0 Å². The Hall–Kier alpha value is -1.95. The molecule has 0 aliphatic heterocycles. The molecule has 1 aromatic heterocycles. The average molecular weight is 247 g/mol. The number of hydrogen-bond donors (Lipinski definition) is 1. The number of benzene rings is 1. The van der Waals surface area contributed by atoms with Gasteiger partial charge in [-0.15, -0.1) is 5.10 Å². The third-order valence-electron chi connectivity index (χ3n) is 2.69. The molecular weight excluding hydrogens is 230 g/mol. The minimum Gasteiger partial charge on any atom is -0.497 e. The third-order valence-corrected chi connectivity index (χ3v) is 2.69. The van der Waals surface area contributed by atoms with Crippen molar-refractivity contribution >= 4 is 0 Å². The van der Waals surface area contributed by atoms with Crippen LogP contribution in [-0.4, -0.2) is 33.9 Å². The third kappa shape index (κ3) is 2.48. The Bertz CT molecular complexity index is 511. The van der Waals surface area contributed by atoms with E-state index in [2.05, 4.69) is 27.8 Å². The lowest BCUT2D eigenvalue weighted by molar-refractivity contribution is 0.414. The Morgan fingerprint density at radius 1 is 1.44 bits per heavy atom. The van der Waals surface area contributed by atoms with Gasteiger partial charge in [-0.2, -0.15) is 4.68 Å². The molecule has 0 saturated heterocycles. The molecule has 0 radical (unpaired) electrons. The van der Waals surface area contributed by atoms with Gasteiger partial charge >= 0.3 is 0 Å². The molecule has 0 bridgehead atoms. The summed E-state index contributed by atoms with van der Waals surface area (Å²) in [7, 11) is 1.64. The molecule has 0 aliphatic carbocycles. The molecule has 1 atom stereocenters. The van der Waals surface area contributed by atoms with E-state index in [1.165, 1.54) is 0 Å². The topological polar surface area (TPSA) is 64.9 Å². The Balaban J connectivity index is 2.35. The van der Waals surface area contributed by atoms with Gasteiger partial charge in [0.15, 0.2) is 5.82 Å². The van der Waals surface area contributed by atoms with Gasteiger partial charge in [0, 0.05) is 6.07 Å². The van der Waals surface area contributed by atoms with Gasteiger partial charge in [0.25, 0.3) is 0 Å². The largest absolute Gasteiger partial charge is 0.497 e. The van der Waals surface area contributed by atoms with Crippen LogP contribution in [0.5, 0.6) is 5.75 Å². The highest BCUT2D eigenvalue weighted by molar-refractivity contribution is 5.39. The number of tetrazole rings is 1. The minimum atomic E-state index is 0.0937. The maximum atomic E-state index is 5.20. The second kappa shape index (κ2) is 5.59. The number of methoxy groups -OCH3 is 1. The monoisotopic (exact) mass is 247 g/mol. The number of hydrogen-bond acceptors (Lipinski definition) is 5. The van der Waals surface area contributed by atoms with Crippen molar-refractivity contribution < 1.29 is 4.74 Å². The van der Waals surface area contributed by atoms with E-state index in [9.17, 15) is 0 Å². The Labute approximate surface area is 106 Å². The minimum absolute atomic E-state index is 0.0937. The zero-order chi connectivity index (χ0) is 13.0. The molecule has 6 nitrogen and oxygen atoms in total. The van der Waals surface area contributed by atoms with Crippen LogP contribution in [0, 0.1) is 0 Å². The highest BCUT2D eigenvalue weighted by Crippen LogP contribution is 2.18. The maximum absolute atomic E-state index is 5.20. The highest BCUT2D eigenvalue weighted by Gasteiger charge is 2.14. The van der Waals surface area contributed by atoms with E-state index >= 15 is 0 Å². The van der Waals surface area contributed by atoms with E-state index in [1.54, 1.807) is 11.8 Å². The second-order valence-electron chi connectivity index (χ2n) is 3.93. The molecular formula is C12H17N5O. The lowest BCUT2D eigenvalue weighted by Gasteiger charge is -2.12. The van der Waals surface area contributed by atoms with Crippen LogP contribution in [-0.2, 0) is 0 Å². The van der Waals surface area contributed by atoms with Crippen LogP contribution in [0.15, 0.2) is 24.3 Å². The number of rotatable bonds is 5. The molecule has 6 heteroatoms. The van der Waals surface area contributed by atoms with Gasteiger partial charge in [0.1, 0.15) is 5.75 Å². The quantitative estimate of drug-likeness (QED) is 0.863. The van der Waals surface area contributed by atoms with Crippen molar-refractivity contribution in [2.75, 3.05) is 13.7 Å². The predicted octanol–water partition coefficient (Wildman–Crippen LogP) is 1.34. The fourth-order valence-electron chi connectivity index (χ4n) is 1.79. The van der Waals surface area contributed by atoms with Gasteiger partial charge in [0.2, 0.25) is 0 Å². The van der Waals surface area contributed by atoms with Crippen LogP contribution < -0.4 is 10.1 Å². The normalized spacial score (nSPS) is 12.4. The van der Waals surface area contributed by atoms with Crippen molar-refractivity contribution in [3.05, 3.63) is 30.1 Å². The molecule has 2 rings (SSSR count). The maximum Gasteiger partial charge on any atom is 0.173 e. The second-order valence-corrected chi connectivity index (χ2v) is 3.93. The standard InChI is InChI=1S/C12H17N5O/c1-4-13-9(2)12-14-15-16-17(12)10-6-5-7-11(8-10)18-3/h5-9,13H,4H2,1-3H3. The lowest BCUT2D eigenvalue weighted by atomic mass is 10.2. The molecule has 0 spiro atoms. The smallest absolute Gasteiger partial charge is 0.173 e. The molecule has 1 aromatic carbocycles. The number of nitrogens with zero attached hydrogens (tertiary/aromatic N) is 4. The molecule has 0 aliphatic rings. The zero-order valence-corrected chi connectivity index (χ0v) is 10.8. The predicted molar refractivity (Wildman–Crippen MR) is 67.8 cm³/mol. The molecule has 0 saturated carbocycles. The summed E-state index contributed by atoms with van der Waals surface area (Å²) in [5.74, 6) is 1.56. The van der Waals surface area contributed by atoms with Gasteiger partial charge in [-0.3, -0.25) is 0 Å². The fraction of sp³-hybridized carbons (Fsp3) is 0.417. The first-order valence-corrected chi connectivity index (χ1v) is 5.92. The van der Waals surface area contributed by atoms with Crippen LogP contribution in [0.4, 0.5) is 0 Å². The molecule has 0 amide bonds. The van der Waals surface area contributed by atoms with E-state index in [-0.39, 0.29) is 6.04 Å². The number of aromatic nitrogens is 4. The lowest BCUT2D eigenvalue weighted by Crippen LogP contribution is -2.21. The van der Waals surface area contributed by atoms with Crippen LogP contribution in [0.25, 0.3) is 5.69 Å². The SMILES string of the molecule is CCNC(C)c1nnnn1-c1cccc(OC)c1. The number of ether oxygens (including phenoxy) is 1. The van der Waals surface area contributed by atoms with E-state index in [0.29, 0.717) is 0 Å². The summed E-state index contributed by atoms with van der Waals surface area (Å²) in [4.78, 5) is 0. The zero-order valence-electron chi connectivity index (χ0n) is 10.8. The summed E-state index contributed by atoms with van der Waals surface area (Å²) in [5, 5.41) is 15.1. The van der Waals surface area contributed by atoms with Crippen molar-refractivity contribution in [2.24, 2.45) is 0 Å². The first-order chi connectivity index (χ1) is 8.76. The van der Waals surface area contributed by atoms with Crippen molar-refractivity contribution in [1.82, 2.24) is 25.5 Å². The van der Waals surface area contributed by atoms with Crippen molar-refractivity contribution in [3.63, 3.8) is 0 Å². The van der Waals surface area contributed by atoms with Crippen molar-refractivity contribution in [1.29, 1.82) is 0 Å². The van der Waals surface area contributed by atoms with Crippen molar-refractivity contribution in [3.8, 4) is 11.4 Å². The van der Waals surface area contributed by atoms with Crippen LogP contribution in [0.1, 0.15) is 25.7 Å². The van der Waals surface area contributed by atoms with Gasteiger partial charge < -0.3 is 10.1 Å². The van der Waals surface area contributed by atoms with E-state index in [4.69, 9.17) is 4.74 Å². The Morgan fingerprint density at radius 2 is 2.28 bits per heavy atom. The number of nitrogens with one attached hydrogen (secondary N) is 1. The van der Waals surface area contributed by atoms with Crippen LogP contribution in [0.3, 0.4) is 0 Å². The van der Waals surface area contributed by atoms with Gasteiger partial charge in [0.05, 0.1) is 18.8 Å². The molecule has 1 heterocycles.